The third kappa shape index (κ3) is 6.09. The molecule has 2 aromatic rings. The van der Waals surface area contributed by atoms with Crippen LogP contribution in [0, 0.1) is 5.82 Å². The Bertz CT molecular complexity index is 922. The van der Waals surface area contributed by atoms with E-state index in [1.165, 1.54) is 18.2 Å². The molecular weight excluding hydrogens is 393 g/mol. The van der Waals surface area contributed by atoms with E-state index in [2.05, 4.69) is 9.62 Å². The molecule has 0 atom stereocenters. The summed E-state index contributed by atoms with van der Waals surface area (Å²) in [6.07, 6.45) is 0.912. The molecule has 29 heavy (non-hydrogen) atoms. The molecule has 1 heterocycles. The van der Waals surface area contributed by atoms with Gasteiger partial charge in [-0.3, -0.25) is 9.69 Å². The summed E-state index contributed by atoms with van der Waals surface area (Å²) >= 11 is 0. The number of benzene rings is 2. The van der Waals surface area contributed by atoms with E-state index in [1.54, 1.807) is 35.2 Å². The maximum absolute atomic E-state index is 13.9. The molecule has 1 aliphatic heterocycles. The second-order valence-corrected chi connectivity index (χ2v) is 8.83. The van der Waals surface area contributed by atoms with Crippen molar-refractivity contribution in [2.45, 2.75) is 24.3 Å². The van der Waals surface area contributed by atoms with Gasteiger partial charge >= 0.3 is 0 Å². The van der Waals surface area contributed by atoms with Crippen LogP contribution < -0.4 is 4.72 Å². The maximum atomic E-state index is 13.9. The van der Waals surface area contributed by atoms with Crippen molar-refractivity contribution in [3.8, 4) is 0 Å². The van der Waals surface area contributed by atoms with E-state index in [0.29, 0.717) is 31.7 Å². The lowest BCUT2D eigenvalue weighted by Crippen LogP contribution is -2.37. The highest BCUT2D eigenvalue weighted by Crippen LogP contribution is 2.13. The first-order chi connectivity index (χ1) is 14.0. The number of carbonyl (C=O) groups is 1. The number of nitrogens with one attached hydrogen (secondary N) is 1. The maximum Gasteiger partial charge on any atom is 0.240 e. The van der Waals surface area contributed by atoms with E-state index in [-0.39, 0.29) is 29.6 Å². The van der Waals surface area contributed by atoms with Crippen molar-refractivity contribution in [1.29, 1.82) is 0 Å². The second kappa shape index (κ2) is 9.96. The molecule has 1 amide bonds. The zero-order valence-corrected chi connectivity index (χ0v) is 17.1. The Hall–Kier alpha value is -2.29. The Morgan fingerprint density at radius 3 is 2.45 bits per heavy atom. The van der Waals surface area contributed by atoms with Crippen LogP contribution in [-0.2, 0) is 21.4 Å². The van der Waals surface area contributed by atoms with Gasteiger partial charge in [0.2, 0.25) is 15.9 Å². The third-order valence-electron chi connectivity index (χ3n) is 4.98. The predicted molar refractivity (Wildman–Crippen MR) is 109 cm³/mol. The normalized spacial score (nSPS) is 15.8. The molecule has 0 unspecified atom stereocenters. The van der Waals surface area contributed by atoms with E-state index in [0.717, 1.165) is 13.0 Å². The van der Waals surface area contributed by atoms with Gasteiger partial charge in [-0.1, -0.05) is 36.4 Å². The van der Waals surface area contributed by atoms with Gasteiger partial charge in [0.1, 0.15) is 5.82 Å². The number of nitrogens with zero attached hydrogens (tertiary/aromatic N) is 2. The molecule has 8 heteroatoms. The predicted octanol–water partition coefficient (Wildman–Crippen LogP) is 2.23. The summed E-state index contributed by atoms with van der Waals surface area (Å²) in [6.45, 7) is 3.21. The lowest BCUT2D eigenvalue weighted by Gasteiger charge is -2.22. The van der Waals surface area contributed by atoms with Gasteiger partial charge in [0.15, 0.2) is 0 Å². The number of hydrogen-bond acceptors (Lipinski definition) is 4. The number of carbonyl (C=O) groups excluding carboxylic acids is 1. The molecule has 0 radical (unpaired) electrons. The average molecular weight is 420 g/mol. The molecule has 1 saturated heterocycles. The molecule has 6 nitrogen and oxygen atoms in total. The van der Waals surface area contributed by atoms with E-state index < -0.39 is 10.0 Å². The van der Waals surface area contributed by atoms with Crippen molar-refractivity contribution in [3.05, 3.63) is 66.0 Å². The molecule has 0 aromatic heterocycles. The molecule has 1 aliphatic rings. The van der Waals surface area contributed by atoms with Gasteiger partial charge < -0.3 is 4.90 Å². The zero-order chi connectivity index (χ0) is 20.7. The van der Waals surface area contributed by atoms with Crippen LogP contribution in [0.25, 0.3) is 0 Å². The molecule has 1 fully saturated rings. The lowest BCUT2D eigenvalue weighted by atomic mass is 10.2. The summed E-state index contributed by atoms with van der Waals surface area (Å²) in [5.41, 5.74) is 0.655. The first-order valence-corrected chi connectivity index (χ1v) is 11.2. The van der Waals surface area contributed by atoms with Gasteiger partial charge in [-0.15, -0.1) is 0 Å². The van der Waals surface area contributed by atoms with E-state index >= 15 is 0 Å². The fourth-order valence-electron chi connectivity index (χ4n) is 3.38. The Balaban J connectivity index is 1.46. The minimum absolute atomic E-state index is 0.0610. The van der Waals surface area contributed by atoms with Crippen molar-refractivity contribution < 1.29 is 17.6 Å². The van der Waals surface area contributed by atoms with Crippen LogP contribution in [0.15, 0.2) is 59.5 Å². The summed E-state index contributed by atoms with van der Waals surface area (Å²) in [4.78, 5) is 16.6. The SMILES string of the molecule is O=C(CCNS(=O)(=O)c1ccccc1)N1CCCN(Cc2ccccc2F)CC1. The molecule has 0 aliphatic carbocycles. The molecule has 0 saturated carbocycles. The second-order valence-electron chi connectivity index (χ2n) is 7.06. The first-order valence-electron chi connectivity index (χ1n) is 9.74. The van der Waals surface area contributed by atoms with Crippen LogP contribution in [0.5, 0.6) is 0 Å². The van der Waals surface area contributed by atoms with Crippen LogP contribution in [0.3, 0.4) is 0 Å². The fourth-order valence-corrected chi connectivity index (χ4v) is 4.43. The lowest BCUT2D eigenvalue weighted by molar-refractivity contribution is -0.130. The minimum Gasteiger partial charge on any atom is -0.341 e. The first kappa shape index (κ1) is 21.4. The molecule has 156 valence electrons. The monoisotopic (exact) mass is 419 g/mol. The van der Waals surface area contributed by atoms with Crippen LogP contribution in [0.4, 0.5) is 4.39 Å². The van der Waals surface area contributed by atoms with E-state index in [9.17, 15) is 17.6 Å². The average Bonchev–Trinajstić information content (AvgIpc) is 2.96. The number of sulfonamides is 1. The molecular formula is C21H26FN3O3S. The van der Waals surface area contributed by atoms with Gasteiger partial charge in [0.05, 0.1) is 4.90 Å². The Labute approximate surface area is 171 Å². The quantitative estimate of drug-likeness (QED) is 0.747. The summed E-state index contributed by atoms with van der Waals surface area (Å²) < 4.78 is 40.8. The highest BCUT2D eigenvalue weighted by atomic mass is 32.2. The smallest absolute Gasteiger partial charge is 0.240 e. The van der Waals surface area contributed by atoms with Crippen LogP contribution in [-0.4, -0.2) is 56.8 Å². The molecule has 0 bridgehead atoms. The molecule has 0 spiro atoms. The van der Waals surface area contributed by atoms with Crippen molar-refractivity contribution in [3.63, 3.8) is 0 Å². The van der Waals surface area contributed by atoms with Gasteiger partial charge in [-0.25, -0.2) is 17.5 Å². The van der Waals surface area contributed by atoms with Crippen LogP contribution >= 0.6 is 0 Å². The Morgan fingerprint density at radius 1 is 0.966 bits per heavy atom. The van der Waals surface area contributed by atoms with Crippen LogP contribution in [0.1, 0.15) is 18.4 Å². The van der Waals surface area contributed by atoms with Gasteiger partial charge in [0, 0.05) is 51.3 Å². The summed E-state index contributed by atoms with van der Waals surface area (Å²) in [5, 5.41) is 0. The number of amides is 1. The number of hydrogen-bond donors (Lipinski definition) is 1. The highest BCUT2D eigenvalue weighted by molar-refractivity contribution is 7.89. The molecule has 1 N–H and O–H groups in total. The summed E-state index contributed by atoms with van der Waals surface area (Å²) in [7, 11) is -3.61. The van der Waals surface area contributed by atoms with Gasteiger partial charge in [-0.2, -0.15) is 0 Å². The van der Waals surface area contributed by atoms with Crippen molar-refractivity contribution >= 4 is 15.9 Å². The summed E-state index contributed by atoms with van der Waals surface area (Å²) in [5.74, 6) is -0.288. The topological polar surface area (TPSA) is 69.7 Å². The van der Waals surface area contributed by atoms with E-state index in [4.69, 9.17) is 0 Å². The summed E-state index contributed by atoms with van der Waals surface area (Å²) in [6, 6.07) is 14.8. The number of rotatable bonds is 7. The van der Waals surface area contributed by atoms with Crippen molar-refractivity contribution in [2.24, 2.45) is 0 Å². The third-order valence-corrected chi connectivity index (χ3v) is 6.45. The fraction of sp³-hybridized carbons (Fsp3) is 0.381. The minimum atomic E-state index is -3.61. The largest absolute Gasteiger partial charge is 0.341 e. The molecule has 3 rings (SSSR count). The highest BCUT2D eigenvalue weighted by Gasteiger charge is 2.20. The Morgan fingerprint density at radius 2 is 1.69 bits per heavy atom. The number of halogens is 1. The zero-order valence-electron chi connectivity index (χ0n) is 16.3. The van der Waals surface area contributed by atoms with Crippen molar-refractivity contribution in [2.75, 3.05) is 32.7 Å². The van der Waals surface area contributed by atoms with Gasteiger partial charge in [0.25, 0.3) is 0 Å². The Kier molecular flexibility index (Phi) is 7.35. The van der Waals surface area contributed by atoms with Crippen LogP contribution in [0.2, 0.25) is 0 Å². The van der Waals surface area contributed by atoms with Crippen molar-refractivity contribution in [1.82, 2.24) is 14.5 Å². The van der Waals surface area contributed by atoms with E-state index in [1.807, 2.05) is 6.07 Å². The van der Waals surface area contributed by atoms with Gasteiger partial charge in [-0.05, 0) is 24.6 Å². The standard InChI is InChI=1S/C21H26FN3O3S/c22-20-10-5-4-7-18(20)17-24-13-6-14-25(16-15-24)21(26)11-12-23-29(27,28)19-8-2-1-3-9-19/h1-5,7-10,23H,6,11-17H2. The molecule has 2 aromatic carbocycles.